The minimum atomic E-state index is -0.302. The molecule has 0 aromatic heterocycles. The molecule has 0 amide bonds. The quantitative estimate of drug-likeness (QED) is 0.247. The second-order valence-corrected chi connectivity index (χ2v) is 7.85. The van der Waals surface area contributed by atoms with Crippen LogP contribution in [0.15, 0.2) is 53.5 Å². The summed E-state index contributed by atoms with van der Waals surface area (Å²) < 4.78 is 30.6. The molecule has 8 heteroatoms. The lowest BCUT2D eigenvalue weighted by Crippen LogP contribution is -2.42. The Kier molecular flexibility index (Phi) is 12.5. The number of halogens is 2. The number of nitrogens with one attached hydrogen (secondary N) is 2. The molecule has 0 spiro atoms. The summed E-state index contributed by atoms with van der Waals surface area (Å²) in [5, 5.41) is 6.60. The van der Waals surface area contributed by atoms with E-state index in [1.54, 1.807) is 19.2 Å². The summed E-state index contributed by atoms with van der Waals surface area (Å²) in [6.45, 7) is 5.47. The van der Waals surface area contributed by atoms with E-state index in [1.165, 1.54) is 17.7 Å². The average molecular weight is 571 g/mol. The van der Waals surface area contributed by atoms with Crippen molar-refractivity contribution < 1.29 is 18.6 Å². The maximum Gasteiger partial charge on any atom is 0.191 e. The predicted octanol–water partition coefficient (Wildman–Crippen LogP) is 4.66. The Labute approximate surface area is 213 Å². The molecular formula is C25H35FIN3O3. The predicted molar refractivity (Wildman–Crippen MR) is 140 cm³/mol. The maximum atomic E-state index is 13.4. The molecule has 2 aromatic carbocycles. The van der Waals surface area contributed by atoms with Crippen molar-refractivity contribution in [2.75, 3.05) is 26.8 Å². The van der Waals surface area contributed by atoms with Crippen LogP contribution in [0.3, 0.4) is 0 Å². The van der Waals surface area contributed by atoms with Gasteiger partial charge in [-0.25, -0.2) is 4.39 Å². The van der Waals surface area contributed by atoms with Crippen LogP contribution in [0.2, 0.25) is 0 Å². The Bertz CT molecular complexity index is 845. The lowest BCUT2D eigenvalue weighted by atomic mass is 10.1. The summed E-state index contributed by atoms with van der Waals surface area (Å²) in [6, 6.07) is 14.6. The number of hydrogen-bond acceptors (Lipinski definition) is 4. The number of hydrogen-bond donors (Lipinski definition) is 2. The van der Waals surface area contributed by atoms with Gasteiger partial charge in [-0.3, -0.25) is 4.99 Å². The van der Waals surface area contributed by atoms with Crippen LogP contribution in [-0.2, 0) is 22.6 Å². The zero-order valence-electron chi connectivity index (χ0n) is 19.4. The minimum absolute atomic E-state index is 0. The normalized spacial score (nSPS) is 15.4. The van der Waals surface area contributed by atoms with E-state index in [0.717, 1.165) is 38.0 Å². The molecule has 0 aliphatic carbocycles. The topological polar surface area (TPSA) is 64.1 Å². The molecule has 1 heterocycles. The third kappa shape index (κ3) is 9.85. The second kappa shape index (κ2) is 15.1. The fourth-order valence-corrected chi connectivity index (χ4v) is 3.43. The standard InChI is InChI=1S/C25H34FN3O3.HI/c1-3-22(32-24-6-4-5-21(26)15-24)17-29-25(27-2)28-16-19-7-9-20(10-8-19)18-31-23-11-13-30-14-12-23;/h4-10,15,22-23H,3,11-14,16-18H2,1-2H3,(H2,27,28,29);1H. The molecule has 6 nitrogen and oxygen atoms in total. The van der Waals surface area contributed by atoms with Crippen LogP contribution in [0.1, 0.15) is 37.3 Å². The van der Waals surface area contributed by atoms with Gasteiger partial charge in [0.2, 0.25) is 0 Å². The van der Waals surface area contributed by atoms with Crippen LogP contribution < -0.4 is 15.4 Å². The van der Waals surface area contributed by atoms with Gasteiger partial charge >= 0.3 is 0 Å². The molecule has 1 fully saturated rings. The SMILES string of the molecule is CCC(CNC(=NC)NCc1ccc(COC2CCOCC2)cc1)Oc1cccc(F)c1.I. The van der Waals surface area contributed by atoms with Crippen molar-refractivity contribution in [2.45, 2.75) is 51.5 Å². The van der Waals surface area contributed by atoms with E-state index in [0.29, 0.717) is 37.5 Å². The van der Waals surface area contributed by atoms with Crippen LogP contribution in [-0.4, -0.2) is 45.0 Å². The summed E-state index contributed by atoms with van der Waals surface area (Å²) >= 11 is 0. The summed E-state index contributed by atoms with van der Waals surface area (Å²) in [5.74, 6) is 0.921. The van der Waals surface area contributed by atoms with Crippen LogP contribution in [0.5, 0.6) is 5.75 Å². The summed E-state index contributed by atoms with van der Waals surface area (Å²) in [5.41, 5.74) is 2.33. The zero-order chi connectivity index (χ0) is 22.6. The zero-order valence-corrected chi connectivity index (χ0v) is 21.7. The summed E-state index contributed by atoms with van der Waals surface area (Å²) in [6.07, 6.45) is 2.94. The third-order valence-corrected chi connectivity index (χ3v) is 5.41. The number of guanidine groups is 1. The Morgan fingerprint density at radius 2 is 1.85 bits per heavy atom. The maximum absolute atomic E-state index is 13.4. The van der Waals surface area contributed by atoms with Gasteiger partial charge in [0.25, 0.3) is 0 Å². The lowest BCUT2D eigenvalue weighted by Gasteiger charge is -2.22. The van der Waals surface area contributed by atoms with Gasteiger partial charge < -0.3 is 24.8 Å². The summed E-state index contributed by atoms with van der Waals surface area (Å²) in [4.78, 5) is 4.28. The average Bonchev–Trinajstić information content (AvgIpc) is 2.83. The van der Waals surface area contributed by atoms with E-state index in [2.05, 4.69) is 39.9 Å². The summed E-state index contributed by atoms with van der Waals surface area (Å²) in [7, 11) is 1.74. The third-order valence-electron chi connectivity index (χ3n) is 5.41. The molecule has 0 radical (unpaired) electrons. The Hall–Kier alpha value is -1.91. The Balaban J connectivity index is 0.00000385. The van der Waals surface area contributed by atoms with E-state index in [-0.39, 0.29) is 35.9 Å². The second-order valence-electron chi connectivity index (χ2n) is 7.85. The molecule has 1 atom stereocenters. The molecule has 1 aliphatic heterocycles. The molecule has 0 bridgehead atoms. The highest BCUT2D eigenvalue weighted by Crippen LogP contribution is 2.15. The van der Waals surface area contributed by atoms with Gasteiger partial charge in [0, 0.05) is 32.9 Å². The highest BCUT2D eigenvalue weighted by molar-refractivity contribution is 14.0. The molecule has 1 saturated heterocycles. The first-order valence-corrected chi connectivity index (χ1v) is 11.3. The van der Waals surface area contributed by atoms with Crippen molar-refractivity contribution in [1.29, 1.82) is 0 Å². The van der Waals surface area contributed by atoms with Crippen molar-refractivity contribution in [3.63, 3.8) is 0 Å². The van der Waals surface area contributed by atoms with Gasteiger partial charge in [0.1, 0.15) is 17.7 Å². The molecule has 33 heavy (non-hydrogen) atoms. The van der Waals surface area contributed by atoms with E-state index in [1.807, 2.05) is 6.92 Å². The smallest absolute Gasteiger partial charge is 0.191 e. The van der Waals surface area contributed by atoms with Crippen molar-refractivity contribution >= 4 is 29.9 Å². The Morgan fingerprint density at radius 3 is 2.52 bits per heavy atom. The number of nitrogens with zero attached hydrogens (tertiary/aromatic N) is 1. The molecule has 182 valence electrons. The molecule has 2 aromatic rings. The van der Waals surface area contributed by atoms with Crippen LogP contribution in [0.4, 0.5) is 4.39 Å². The number of ether oxygens (including phenoxy) is 3. The van der Waals surface area contributed by atoms with Gasteiger partial charge in [-0.2, -0.15) is 0 Å². The van der Waals surface area contributed by atoms with Gasteiger partial charge in [0.05, 0.1) is 19.3 Å². The van der Waals surface area contributed by atoms with E-state index in [9.17, 15) is 4.39 Å². The van der Waals surface area contributed by atoms with Gasteiger partial charge in [-0.05, 0) is 42.5 Å². The molecular weight excluding hydrogens is 536 g/mol. The first-order chi connectivity index (χ1) is 15.7. The Morgan fingerprint density at radius 1 is 1.12 bits per heavy atom. The molecule has 1 aliphatic rings. The highest BCUT2D eigenvalue weighted by Gasteiger charge is 2.14. The van der Waals surface area contributed by atoms with Crippen LogP contribution in [0, 0.1) is 5.82 Å². The monoisotopic (exact) mass is 571 g/mol. The number of rotatable bonds is 10. The van der Waals surface area contributed by atoms with Gasteiger partial charge in [-0.15, -0.1) is 24.0 Å². The molecule has 2 N–H and O–H groups in total. The largest absolute Gasteiger partial charge is 0.489 e. The molecule has 3 rings (SSSR count). The van der Waals surface area contributed by atoms with E-state index >= 15 is 0 Å². The molecule has 0 saturated carbocycles. The fourth-order valence-electron chi connectivity index (χ4n) is 3.43. The van der Waals surface area contributed by atoms with Gasteiger partial charge in [0.15, 0.2) is 5.96 Å². The first kappa shape index (κ1) is 27.3. The molecule has 1 unspecified atom stereocenters. The van der Waals surface area contributed by atoms with Crippen molar-refractivity contribution in [2.24, 2.45) is 4.99 Å². The lowest BCUT2D eigenvalue weighted by molar-refractivity contribution is -0.0390. The number of aliphatic imine (C=N–C) groups is 1. The first-order valence-electron chi connectivity index (χ1n) is 11.3. The minimum Gasteiger partial charge on any atom is -0.489 e. The highest BCUT2D eigenvalue weighted by atomic mass is 127. The van der Waals surface area contributed by atoms with Crippen LogP contribution in [0.25, 0.3) is 0 Å². The van der Waals surface area contributed by atoms with E-state index in [4.69, 9.17) is 14.2 Å². The van der Waals surface area contributed by atoms with Gasteiger partial charge in [-0.1, -0.05) is 37.3 Å². The fraction of sp³-hybridized carbons (Fsp3) is 0.480. The van der Waals surface area contributed by atoms with E-state index < -0.39 is 0 Å². The van der Waals surface area contributed by atoms with Crippen molar-refractivity contribution in [3.8, 4) is 5.75 Å². The number of benzene rings is 2. The van der Waals surface area contributed by atoms with Crippen molar-refractivity contribution in [1.82, 2.24) is 10.6 Å². The van der Waals surface area contributed by atoms with Crippen molar-refractivity contribution in [3.05, 3.63) is 65.5 Å². The van der Waals surface area contributed by atoms with Crippen LogP contribution >= 0.6 is 24.0 Å².